The van der Waals surface area contributed by atoms with Crippen molar-refractivity contribution in [3.63, 3.8) is 0 Å². The number of nitrogens with zero attached hydrogens (tertiary/aromatic N) is 2. The molecule has 1 aromatic carbocycles. The number of hydrogen-bond acceptors (Lipinski definition) is 3. The molecule has 0 radical (unpaired) electrons. The van der Waals surface area contributed by atoms with Crippen LogP contribution in [0.2, 0.25) is 0 Å². The van der Waals surface area contributed by atoms with Gasteiger partial charge in [-0.25, -0.2) is 0 Å². The van der Waals surface area contributed by atoms with E-state index < -0.39 is 0 Å². The summed E-state index contributed by atoms with van der Waals surface area (Å²) in [7, 11) is 0. The molecular formula is C21H27N3O2. The van der Waals surface area contributed by atoms with Crippen LogP contribution in [0.1, 0.15) is 30.5 Å². The van der Waals surface area contributed by atoms with Crippen molar-refractivity contribution >= 4 is 11.6 Å². The van der Waals surface area contributed by atoms with Gasteiger partial charge in [0, 0.05) is 49.5 Å². The molecule has 1 aromatic heterocycles. The lowest BCUT2D eigenvalue weighted by atomic mass is 10.0. The Labute approximate surface area is 154 Å². The first-order chi connectivity index (χ1) is 12.5. The van der Waals surface area contributed by atoms with Crippen LogP contribution in [-0.4, -0.2) is 29.6 Å². The quantitative estimate of drug-likeness (QED) is 0.899. The third-order valence-corrected chi connectivity index (χ3v) is 5.06. The number of piperidine rings is 1. The van der Waals surface area contributed by atoms with Gasteiger partial charge in [0.05, 0.1) is 0 Å². The van der Waals surface area contributed by atoms with Gasteiger partial charge in [-0.05, 0) is 50.5 Å². The Balaban J connectivity index is 1.47. The normalized spacial score (nSPS) is 15.1. The van der Waals surface area contributed by atoms with Gasteiger partial charge in [-0.15, -0.1) is 0 Å². The van der Waals surface area contributed by atoms with Gasteiger partial charge in [0.1, 0.15) is 0 Å². The summed E-state index contributed by atoms with van der Waals surface area (Å²) in [6.45, 7) is 6.33. The number of nitrogens with one attached hydrogen (secondary N) is 1. The molecule has 138 valence electrons. The average molecular weight is 353 g/mol. The van der Waals surface area contributed by atoms with Gasteiger partial charge in [0.2, 0.25) is 5.91 Å². The Bertz CT molecular complexity index is 820. The van der Waals surface area contributed by atoms with Crippen molar-refractivity contribution in [1.82, 2.24) is 9.88 Å². The maximum Gasteiger partial charge on any atom is 0.250 e. The van der Waals surface area contributed by atoms with Crippen molar-refractivity contribution in [2.75, 3.05) is 18.0 Å². The maximum atomic E-state index is 12.3. The van der Waals surface area contributed by atoms with Crippen molar-refractivity contribution in [3.8, 4) is 0 Å². The van der Waals surface area contributed by atoms with Crippen molar-refractivity contribution in [2.24, 2.45) is 0 Å². The molecule has 1 saturated heterocycles. The van der Waals surface area contributed by atoms with E-state index in [-0.39, 0.29) is 17.5 Å². The van der Waals surface area contributed by atoms with Crippen LogP contribution in [0.4, 0.5) is 5.69 Å². The highest BCUT2D eigenvalue weighted by Gasteiger charge is 2.21. The van der Waals surface area contributed by atoms with Crippen LogP contribution in [0.5, 0.6) is 0 Å². The molecule has 3 rings (SSSR count). The largest absolute Gasteiger partial charge is 0.371 e. The highest BCUT2D eigenvalue weighted by atomic mass is 16.2. The molecule has 26 heavy (non-hydrogen) atoms. The fraction of sp³-hybridized carbons (Fsp3) is 0.429. The number of hydrogen-bond donors (Lipinski definition) is 1. The molecular weight excluding hydrogens is 326 g/mol. The highest BCUT2D eigenvalue weighted by Crippen LogP contribution is 2.21. The first-order valence-electron chi connectivity index (χ1n) is 9.30. The predicted octanol–water partition coefficient (Wildman–Crippen LogP) is 2.64. The second-order valence-electron chi connectivity index (χ2n) is 7.07. The number of amides is 1. The lowest BCUT2D eigenvalue weighted by molar-refractivity contribution is -0.122. The topological polar surface area (TPSA) is 54.3 Å². The van der Waals surface area contributed by atoms with Crippen LogP contribution >= 0.6 is 0 Å². The Morgan fingerprint density at radius 2 is 1.85 bits per heavy atom. The number of aromatic nitrogens is 1. The van der Waals surface area contributed by atoms with E-state index in [1.54, 1.807) is 10.6 Å². The Morgan fingerprint density at radius 3 is 2.54 bits per heavy atom. The van der Waals surface area contributed by atoms with Crippen molar-refractivity contribution in [1.29, 1.82) is 0 Å². The molecule has 5 heteroatoms. The molecule has 1 aliphatic rings. The molecule has 0 atom stereocenters. The number of rotatable bonds is 5. The summed E-state index contributed by atoms with van der Waals surface area (Å²) in [5.74, 6) is 0.0224. The monoisotopic (exact) mass is 353 g/mol. The molecule has 0 aliphatic carbocycles. The minimum Gasteiger partial charge on any atom is -0.371 e. The Kier molecular flexibility index (Phi) is 5.76. The molecule has 1 fully saturated rings. The molecule has 0 bridgehead atoms. The second-order valence-corrected chi connectivity index (χ2v) is 7.07. The Hall–Kier alpha value is -2.56. The van der Waals surface area contributed by atoms with E-state index in [0.717, 1.165) is 31.6 Å². The maximum absolute atomic E-state index is 12.3. The Morgan fingerprint density at radius 1 is 1.12 bits per heavy atom. The van der Waals surface area contributed by atoms with E-state index in [0.29, 0.717) is 13.0 Å². The fourth-order valence-corrected chi connectivity index (χ4v) is 3.53. The standard InChI is InChI=1S/C21H27N3O2/c1-16-5-3-7-19(15-16)23-12-9-18(10-13-23)22-20(25)11-14-24-17(2)6-4-8-21(24)26/h3-8,15,18H,9-14H2,1-2H3,(H,22,25). The van der Waals surface area contributed by atoms with Gasteiger partial charge in [-0.1, -0.05) is 18.2 Å². The van der Waals surface area contributed by atoms with Crippen LogP contribution in [0.3, 0.4) is 0 Å². The molecule has 2 aromatic rings. The van der Waals surface area contributed by atoms with Gasteiger partial charge < -0.3 is 14.8 Å². The summed E-state index contributed by atoms with van der Waals surface area (Å²) in [5.41, 5.74) is 3.36. The van der Waals surface area contributed by atoms with Crippen LogP contribution < -0.4 is 15.8 Å². The minimum absolute atomic E-state index is 0.0224. The first-order valence-corrected chi connectivity index (χ1v) is 9.30. The molecule has 0 unspecified atom stereocenters. The lowest BCUT2D eigenvalue weighted by Crippen LogP contribution is -2.45. The van der Waals surface area contributed by atoms with Gasteiger partial charge in [0.25, 0.3) is 5.56 Å². The summed E-state index contributed by atoms with van der Waals surface area (Å²) in [4.78, 5) is 26.5. The van der Waals surface area contributed by atoms with Crippen molar-refractivity contribution in [2.45, 2.75) is 45.7 Å². The van der Waals surface area contributed by atoms with E-state index in [1.807, 2.05) is 13.0 Å². The summed E-state index contributed by atoms with van der Waals surface area (Å²) in [6, 6.07) is 13.9. The number of anilines is 1. The lowest BCUT2D eigenvalue weighted by Gasteiger charge is -2.34. The fourth-order valence-electron chi connectivity index (χ4n) is 3.53. The first kappa shape index (κ1) is 18.2. The number of aryl methyl sites for hydroxylation is 2. The molecule has 1 N–H and O–H groups in total. The minimum atomic E-state index is -0.0516. The van der Waals surface area contributed by atoms with Gasteiger partial charge >= 0.3 is 0 Å². The second kappa shape index (κ2) is 8.21. The van der Waals surface area contributed by atoms with E-state index in [2.05, 4.69) is 41.4 Å². The van der Waals surface area contributed by atoms with Crippen LogP contribution in [0, 0.1) is 13.8 Å². The van der Waals surface area contributed by atoms with E-state index in [9.17, 15) is 9.59 Å². The average Bonchev–Trinajstić information content (AvgIpc) is 2.62. The number of pyridine rings is 1. The van der Waals surface area contributed by atoms with Gasteiger partial charge in [0.15, 0.2) is 0 Å². The zero-order valence-corrected chi connectivity index (χ0v) is 15.6. The van der Waals surface area contributed by atoms with Crippen LogP contribution in [-0.2, 0) is 11.3 Å². The molecule has 1 amide bonds. The predicted molar refractivity (Wildman–Crippen MR) is 105 cm³/mol. The third kappa shape index (κ3) is 4.54. The summed E-state index contributed by atoms with van der Waals surface area (Å²) in [5, 5.41) is 3.13. The molecule has 5 nitrogen and oxygen atoms in total. The number of carbonyl (C=O) groups is 1. The van der Waals surface area contributed by atoms with Gasteiger partial charge in [-0.2, -0.15) is 0 Å². The van der Waals surface area contributed by atoms with E-state index in [4.69, 9.17) is 0 Å². The third-order valence-electron chi connectivity index (χ3n) is 5.06. The van der Waals surface area contributed by atoms with Gasteiger partial charge in [-0.3, -0.25) is 9.59 Å². The SMILES string of the molecule is Cc1cccc(N2CCC(NC(=O)CCn3c(C)cccc3=O)CC2)c1. The summed E-state index contributed by atoms with van der Waals surface area (Å²) in [6.07, 6.45) is 2.23. The van der Waals surface area contributed by atoms with E-state index >= 15 is 0 Å². The summed E-state index contributed by atoms with van der Waals surface area (Å²) < 4.78 is 1.65. The molecule has 0 saturated carbocycles. The van der Waals surface area contributed by atoms with Crippen molar-refractivity contribution < 1.29 is 4.79 Å². The van der Waals surface area contributed by atoms with E-state index in [1.165, 1.54) is 17.3 Å². The number of benzene rings is 1. The number of carbonyl (C=O) groups excluding carboxylic acids is 1. The van der Waals surface area contributed by atoms with Crippen LogP contribution in [0.25, 0.3) is 0 Å². The highest BCUT2D eigenvalue weighted by molar-refractivity contribution is 5.76. The molecule has 1 aliphatic heterocycles. The zero-order chi connectivity index (χ0) is 18.5. The smallest absolute Gasteiger partial charge is 0.250 e. The molecule has 0 spiro atoms. The van der Waals surface area contributed by atoms with Crippen molar-refractivity contribution in [3.05, 3.63) is 64.1 Å². The molecule has 2 heterocycles. The van der Waals surface area contributed by atoms with Crippen LogP contribution in [0.15, 0.2) is 47.3 Å². The zero-order valence-electron chi connectivity index (χ0n) is 15.6. The summed E-state index contributed by atoms with van der Waals surface area (Å²) >= 11 is 0.